The molecule has 1 aliphatic carbocycles. The number of amides is 1. The molecule has 4 rings (SSSR count). The number of nitrogens with one attached hydrogen (secondary N) is 1. The Bertz CT molecular complexity index is 802. The number of carbonyl (C=O) groups is 1. The monoisotopic (exact) mass is 384 g/mol. The highest BCUT2D eigenvalue weighted by Gasteiger charge is 2.50. The van der Waals surface area contributed by atoms with Crippen molar-refractivity contribution in [2.24, 2.45) is 0 Å². The number of halogens is 1. The number of hydrogen-bond donors (Lipinski definition) is 1. The van der Waals surface area contributed by atoms with Crippen LogP contribution in [0.5, 0.6) is 5.75 Å². The molecule has 1 amide bonds. The van der Waals surface area contributed by atoms with E-state index in [1.807, 2.05) is 48.2 Å². The highest BCUT2D eigenvalue weighted by atomic mass is 35.5. The molecule has 0 radical (unpaired) electrons. The lowest BCUT2D eigenvalue weighted by Gasteiger charge is -2.47. The molecule has 4 nitrogen and oxygen atoms in total. The van der Waals surface area contributed by atoms with Gasteiger partial charge in [-0.15, -0.1) is 0 Å². The number of anilines is 1. The molecule has 27 heavy (non-hydrogen) atoms. The van der Waals surface area contributed by atoms with Crippen molar-refractivity contribution in [2.45, 2.75) is 50.8 Å². The van der Waals surface area contributed by atoms with E-state index in [9.17, 15) is 4.79 Å². The zero-order chi connectivity index (χ0) is 18.8. The number of hydrogen-bond acceptors (Lipinski definition) is 3. The van der Waals surface area contributed by atoms with Crippen LogP contribution in [0.1, 0.15) is 31.2 Å². The van der Waals surface area contributed by atoms with Gasteiger partial charge in [0.25, 0.3) is 5.91 Å². The Labute approximate surface area is 165 Å². The Hall–Kier alpha value is -2.04. The second kappa shape index (κ2) is 7.91. The van der Waals surface area contributed by atoms with E-state index in [1.54, 1.807) is 12.1 Å². The standard InChI is InChI=1S/C22H25ClN2O2/c1-15-6-2-5-9-19(15)25-20(14-24-17-7-3-4-8-17)21(22(25)26)27-18-12-10-16(23)11-13-18/h2,5-6,9-13,17,20-21,24H,3-4,7-8,14H2,1H3/t20-,21-/m1/s1. The highest BCUT2D eigenvalue weighted by molar-refractivity contribution is 6.30. The molecular formula is C22H25ClN2O2. The second-order valence-corrected chi connectivity index (χ2v) is 7.88. The maximum absolute atomic E-state index is 12.9. The summed E-state index contributed by atoms with van der Waals surface area (Å²) in [5, 5.41) is 4.31. The van der Waals surface area contributed by atoms with Gasteiger partial charge in [0.05, 0.1) is 6.04 Å². The molecule has 1 N–H and O–H groups in total. The first-order valence-electron chi connectivity index (χ1n) is 9.68. The van der Waals surface area contributed by atoms with Crippen molar-refractivity contribution in [1.29, 1.82) is 0 Å². The van der Waals surface area contributed by atoms with E-state index in [-0.39, 0.29) is 11.9 Å². The third-order valence-electron chi connectivity index (χ3n) is 5.58. The smallest absolute Gasteiger partial charge is 0.270 e. The summed E-state index contributed by atoms with van der Waals surface area (Å²) in [5.41, 5.74) is 2.07. The summed E-state index contributed by atoms with van der Waals surface area (Å²) in [4.78, 5) is 14.8. The number of β-lactam (4-membered cyclic amide) rings is 1. The Morgan fingerprint density at radius 3 is 2.52 bits per heavy atom. The Kier molecular flexibility index (Phi) is 5.37. The van der Waals surface area contributed by atoms with Gasteiger partial charge >= 0.3 is 0 Å². The number of ether oxygens (including phenoxy) is 1. The van der Waals surface area contributed by atoms with Gasteiger partial charge in [0.15, 0.2) is 6.10 Å². The van der Waals surface area contributed by atoms with Crippen LogP contribution in [0.15, 0.2) is 48.5 Å². The first-order chi connectivity index (χ1) is 13.1. The lowest BCUT2D eigenvalue weighted by Crippen LogP contribution is -2.70. The third-order valence-corrected chi connectivity index (χ3v) is 5.84. The fraction of sp³-hybridized carbons (Fsp3) is 0.409. The van der Waals surface area contributed by atoms with Gasteiger partial charge in [-0.05, 0) is 55.7 Å². The van der Waals surface area contributed by atoms with Gasteiger partial charge < -0.3 is 15.0 Å². The minimum Gasteiger partial charge on any atom is -0.478 e. The number of nitrogens with zero attached hydrogens (tertiary/aromatic N) is 1. The molecule has 5 heteroatoms. The highest BCUT2D eigenvalue weighted by Crippen LogP contribution is 2.33. The summed E-state index contributed by atoms with van der Waals surface area (Å²) in [6, 6.07) is 15.7. The predicted molar refractivity (Wildman–Crippen MR) is 109 cm³/mol. The topological polar surface area (TPSA) is 41.6 Å². The second-order valence-electron chi connectivity index (χ2n) is 7.44. The van der Waals surface area contributed by atoms with E-state index < -0.39 is 6.10 Å². The molecule has 2 atom stereocenters. The van der Waals surface area contributed by atoms with Gasteiger partial charge in [0, 0.05) is 23.3 Å². The van der Waals surface area contributed by atoms with E-state index >= 15 is 0 Å². The number of aryl methyl sites for hydroxylation is 1. The maximum atomic E-state index is 12.9. The first-order valence-corrected chi connectivity index (χ1v) is 10.1. The molecule has 0 spiro atoms. The number of carbonyl (C=O) groups excluding carboxylic acids is 1. The normalized spacial score (nSPS) is 22.7. The van der Waals surface area contributed by atoms with Crippen LogP contribution in [0.4, 0.5) is 5.69 Å². The number of benzene rings is 2. The minimum atomic E-state index is -0.473. The van der Waals surface area contributed by atoms with E-state index in [0.29, 0.717) is 16.8 Å². The molecule has 1 saturated heterocycles. The van der Waals surface area contributed by atoms with Crippen LogP contribution in [-0.4, -0.2) is 30.6 Å². The van der Waals surface area contributed by atoms with Crippen LogP contribution >= 0.6 is 11.6 Å². The predicted octanol–water partition coefficient (Wildman–Crippen LogP) is 4.34. The lowest BCUT2D eigenvalue weighted by molar-refractivity contribution is -0.134. The third kappa shape index (κ3) is 3.83. The van der Waals surface area contributed by atoms with Crippen molar-refractivity contribution < 1.29 is 9.53 Å². The largest absolute Gasteiger partial charge is 0.478 e. The van der Waals surface area contributed by atoms with Crippen molar-refractivity contribution in [3.8, 4) is 5.75 Å². The zero-order valence-corrected chi connectivity index (χ0v) is 16.3. The fourth-order valence-electron chi connectivity index (χ4n) is 4.05. The average molecular weight is 385 g/mol. The Balaban J connectivity index is 1.52. The first kappa shape index (κ1) is 18.3. The number of rotatable bonds is 6. The van der Waals surface area contributed by atoms with Crippen molar-refractivity contribution in [2.75, 3.05) is 11.4 Å². The van der Waals surface area contributed by atoms with Crippen LogP contribution in [-0.2, 0) is 4.79 Å². The fourth-order valence-corrected chi connectivity index (χ4v) is 4.18. The van der Waals surface area contributed by atoms with Crippen LogP contribution in [0.3, 0.4) is 0 Å². The van der Waals surface area contributed by atoms with Crippen LogP contribution in [0.2, 0.25) is 5.02 Å². The molecule has 2 fully saturated rings. The summed E-state index contributed by atoms with van der Waals surface area (Å²) >= 11 is 5.96. The summed E-state index contributed by atoms with van der Waals surface area (Å²) in [5.74, 6) is 0.686. The van der Waals surface area contributed by atoms with Crippen LogP contribution in [0, 0.1) is 6.92 Å². The molecule has 0 aromatic heterocycles. The maximum Gasteiger partial charge on any atom is 0.270 e. The average Bonchev–Trinajstić information content (AvgIpc) is 3.19. The molecule has 2 aromatic rings. The molecular weight excluding hydrogens is 360 g/mol. The van der Waals surface area contributed by atoms with E-state index in [4.69, 9.17) is 16.3 Å². The molecule has 2 aliphatic rings. The van der Waals surface area contributed by atoms with Gasteiger partial charge in [-0.25, -0.2) is 0 Å². The van der Waals surface area contributed by atoms with Crippen molar-refractivity contribution in [3.05, 3.63) is 59.1 Å². The molecule has 1 heterocycles. The minimum absolute atomic E-state index is 0.0115. The van der Waals surface area contributed by atoms with Crippen molar-refractivity contribution in [3.63, 3.8) is 0 Å². The summed E-state index contributed by atoms with van der Waals surface area (Å²) in [6.45, 7) is 2.78. The van der Waals surface area contributed by atoms with Gasteiger partial charge in [0.2, 0.25) is 0 Å². The van der Waals surface area contributed by atoms with Crippen molar-refractivity contribution >= 4 is 23.2 Å². The van der Waals surface area contributed by atoms with E-state index in [2.05, 4.69) is 5.32 Å². The lowest BCUT2D eigenvalue weighted by atomic mass is 9.94. The Morgan fingerprint density at radius 2 is 1.81 bits per heavy atom. The molecule has 1 aliphatic heterocycles. The van der Waals surface area contributed by atoms with Gasteiger partial charge in [-0.3, -0.25) is 4.79 Å². The molecule has 0 bridgehead atoms. The SMILES string of the molecule is Cc1ccccc1N1C(=O)[C@H](Oc2ccc(Cl)cc2)[C@H]1CNC1CCCC1. The molecule has 2 aromatic carbocycles. The van der Waals surface area contributed by atoms with Gasteiger partial charge in [-0.2, -0.15) is 0 Å². The summed E-state index contributed by atoms with van der Waals surface area (Å²) in [6.07, 6.45) is 4.53. The molecule has 0 unspecified atom stereocenters. The van der Waals surface area contributed by atoms with Crippen LogP contribution in [0.25, 0.3) is 0 Å². The van der Waals surface area contributed by atoms with E-state index in [1.165, 1.54) is 25.7 Å². The van der Waals surface area contributed by atoms with Gasteiger partial charge in [-0.1, -0.05) is 42.6 Å². The van der Waals surface area contributed by atoms with Crippen molar-refractivity contribution in [1.82, 2.24) is 5.32 Å². The van der Waals surface area contributed by atoms with Crippen LogP contribution < -0.4 is 15.0 Å². The number of para-hydroxylation sites is 1. The molecule has 1 saturated carbocycles. The molecule has 142 valence electrons. The zero-order valence-electron chi connectivity index (χ0n) is 15.5. The van der Waals surface area contributed by atoms with Gasteiger partial charge in [0.1, 0.15) is 5.75 Å². The van der Waals surface area contributed by atoms with E-state index in [0.717, 1.165) is 17.8 Å². The Morgan fingerprint density at radius 1 is 1.11 bits per heavy atom. The quantitative estimate of drug-likeness (QED) is 0.753. The summed E-state index contributed by atoms with van der Waals surface area (Å²) in [7, 11) is 0. The summed E-state index contributed by atoms with van der Waals surface area (Å²) < 4.78 is 6.05.